The summed E-state index contributed by atoms with van der Waals surface area (Å²) in [6.07, 6.45) is 3.32. The van der Waals surface area contributed by atoms with E-state index in [9.17, 15) is 9.90 Å². The van der Waals surface area contributed by atoms with Crippen molar-refractivity contribution in [2.45, 2.75) is 57.5 Å². The molecule has 3 aliphatic rings. The molecule has 0 bridgehead atoms. The van der Waals surface area contributed by atoms with E-state index in [1.54, 1.807) is 4.90 Å². The SMILES string of the molecule is Cc1cc(O)c(Cc2cccc3c2C[C@]32CC(=O)N(C3CCOCC3)C(=N)N2)cc1C. The zero-order chi connectivity index (χ0) is 21.8. The number of rotatable bonds is 3. The van der Waals surface area contributed by atoms with Crippen LogP contribution in [0.15, 0.2) is 30.3 Å². The van der Waals surface area contributed by atoms with Crippen molar-refractivity contribution >= 4 is 11.9 Å². The van der Waals surface area contributed by atoms with E-state index in [4.69, 9.17) is 10.1 Å². The fourth-order valence-corrected chi connectivity index (χ4v) is 5.35. The van der Waals surface area contributed by atoms with E-state index in [2.05, 4.69) is 30.4 Å². The molecule has 0 saturated carbocycles. The van der Waals surface area contributed by atoms with Crippen LogP contribution in [0.1, 0.15) is 52.6 Å². The van der Waals surface area contributed by atoms with Crippen LogP contribution >= 0.6 is 0 Å². The summed E-state index contributed by atoms with van der Waals surface area (Å²) in [5, 5.41) is 22.4. The topological polar surface area (TPSA) is 85.7 Å². The molecule has 2 aromatic carbocycles. The summed E-state index contributed by atoms with van der Waals surface area (Å²) in [6, 6.07) is 10.1. The van der Waals surface area contributed by atoms with Gasteiger partial charge < -0.3 is 15.2 Å². The van der Waals surface area contributed by atoms with E-state index in [1.165, 1.54) is 16.7 Å². The largest absolute Gasteiger partial charge is 0.508 e. The summed E-state index contributed by atoms with van der Waals surface area (Å²) in [7, 11) is 0. The lowest BCUT2D eigenvalue weighted by molar-refractivity contribution is -0.134. The second kappa shape index (κ2) is 7.38. The Kier molecular flexibility index (Phi) is 4.77. The van der Waals surface area contributed by atoms with Gasteiger partial charge in [-0.3, -0.25) is 15.1 Å². The number of nitrogens with zero attached hydrogens (tertiary/aromatic N) is 1. The number of nitrogens with one attached hydrogen (secondary N) is 2. The molecule has 2 aromatic rings. The number of aryl methyl sites for hydroxylation is 2. The lowest BCUT2D eigenvalue weighted by Crippen LogP contribution is -2.66. The number of guanidine groups is 1. The quantitative estimate of drug-likeness (QED) is 0.713. The average Bonchev–Trinajstić information content (AvgIpc) is 2.73. The van der Waals surface area contributed by atoms with Crippen LogP contribution in [0.4, 0.5) is 0 Å². The lowest BCUT2D eigenvalue weighted by Gasteiger charge is -2.52. The molecular formula is C25H29N3O3. The molecule has 2 fully saturated rings. The van der Waals surface area contributed by atoms with Gasteiger partial charge in [-0.25, -0.2) is 0 Å². The molecule has 2 heterocycles. The van der Waals surface area contributed by atoms with Gasteiger partial charge in [0.1, 0.15) is 5.75 Å². The number of benzene rings is 2. The number of hydrogen-bond donors (Lipinski definition) is 3. The number of phenols is 1. The van der Waals surface area contributed by atoms with Gasteiger partial charge in [-0.2, -0.15) is 0 Å². The Balaban J connectivity index is 1.39. The molecule has 1 atom stereocenters. The van der Waals surface area contributed by atoms with E-state index in [0.717, 1.165) is 36.0 Å². The van der Waals surface area contributed by atoms with E-state index in [-0.39, 0.29) is 17.9 Å². The molecule has 0 unspecified atom stereocenters. The molecule has 5 rings (SSSR count). The molecule has 0 radical (unpaired) electrons. The number of ether oxygens (including phenoxy) is 1. The van der Waals surface area contributed by atoms with Gasteiger partial charge in [-0.05, 0) is 66.1 Å². The van der Waals surface area contributed by atoms with Gasteiger partial charge in [0.15, 0.2) is 5.96 Å². The number of fused-ring (bicyclic) bond motifs is 2. The summed E-state index contributed by atoms with van der Waals surface area (Å²) in [6.45, 7) is 5.35. The number of phenolic OH excluding ortho intramolecular Hbond substituents is 1. The molecule has 1 spiro atoms. The van der Waals surface area contributed by atoms with Crippen LogP contribution in [-0.4, -0.2) is 41.1 Å². The normalized spacial score (nSPS) is 23.5. The van der Waals surface area contributed by atoms with Crippen molar-refractivity contribution in [1.29, 1.82) is 5.41 Å². The third-order valence-corrected chi connectivity index (χ3v) is 7.22. The zero-order valence-corrected chi connectivity index (χ0v) is 18.1. The monoisotopic (exact) mass is 419 g/mol. The van der Waals surface area contributed by atoms with Gasteiger partial charge in [-0.15, -0.1) is 0 Å². The smallest absolute Gasteiger partial charge is 0.232 e. The van der Waals surface area contributed by atoms with Crippen molar-refractivity contribution in [1.82, 2.24) is 10.2 Å². The highest BCUT2D eigenvalue weighted by atomic mass is 16.5. The standard InChI is InChI=1S/C25H29N3O3/c1-15-10-18(22(29)11-16(15)2)12-17-4-3-5-21-20(17)13-25(21)14-23(30)28(24(26)27-25)19-6-8-31-9-7-19/h3-5,10-11,19,29H,6-9,12-14H2,1-2H3,(H2,26,27)/t25-/m0/s1. The maximum absolute atomic E-state index is 13.1. The van der Waals surface area contributed by atoms with Gasteiger partial charge in [0.05, 0.1) is 12.0 Å². The molecule has 31 heavy (non-hydrogen) atoms. The van der Waals surface area contributed by atoms with Crippen molar-refractivity contribution in [2.24, 2.45) is 0 Å². The number of carbonyl (C=O) groups is 1. The maximum atomic E-state index is 13.1. The predicted molar refractivity (Wildman–Crippen MR) is 118 cm³/mol. The minimum absolute atomic E-state index is 0.0264. The lowest BCUT2D eigenvalue weighted by atomic mass is 9.65. The molecule has 0 aromatic heterocycles. The second-order valence-corrected chi connectivity index (χ2v) is 9.20. The average molecular weight is 420 g/mol. The first-order chi connectivity index (χ1) is 14.9. The Labute approximate surface area is 182 Å². The van der Waals surface area contributed by atoms with Gasteiger partial charge in [-0.1, -0.05) is 24.3 Å². The van der Waals surface area contributed by atoms with Crippen LogP contribution < -0.4 is 5.32 Å². The number of aromatic hydroxyl groups is 1. The maximum Gasteiger partial charge on any atom is 0.232 e. The van der Waals surface area contributed by atoms with Crippen molar-refractivity contribution in [3.05, 3.63) is 63.7 Å². The number of hydrogen-bond acceptors (Lipinski definition) is 4. The minimum Gasteiger partial charge on any atom is -0.508 e. The molecule has 1 amide bonds. The molecular weight excluding hydrogens is 390 g/mol. The van der Waals surface area contributed by atoms with E-state index in [0.29, 0.717) is 31.8 Å². The highest BCUT2D eigenvalue weighted by Crippen LogP contribution is 2.46. The molecule has 162 valence electrons. The van der Waals surface area contributed by atoms with Crippen molar-refractivity contribution in [2.75, 3.05) is 13.2 Å². The predicted octanol–water partition coefficient (Wildman–Crippen LogP) is 3.29. The van der Waals surface area contributed by atoms with Crippen molar-refractivity contribution in [3.8, 4) is 5.75 Å². The highest BCUT2D eigenvalue weighted by Gasteiger charge is 2.51. The molecule has 1 aliphatic carbocycles. The van der Waals surface area contributed by atoms with Gasteiger partial charge in [0.2, 0.25) is 5.91 Å². The van der Waals surface area contributed by atoms with Gasteiger partial charge in [0.25, 0.3) is 0 Å². The fraction of sp³-hybridized carbons (Fsp3) is 0.440. The van der Waals surface area contributed by atoms with Crippen molar-refractivity contribution < 1.29 is 14.6 Å². The Bertz CT molecular complexity index is 1050. The molecule has 6 heteroatoms. The summed E-state index contributed by atoms with van der Waals surface area (Å²) < 4.78 is 5.42. The highest BCUT2D eigenvalue weighted by molar-refractivity contribution is 6.00. The molecule has 2 aliphatic heterocycles. The van der Waals surface area contributed by atoms with Crippen molar-refractivity contribution in [3.63, 3.8) is 0 Å². The van der Waals surface area contributed by atoms with Crippen LogP contribution in [0.3, 0.4) is 0 Å². The molecule has 6 nitrogen and oxygen atoms in total. The molecule has 3 N–H and O–H groups in total. The summed E-state index contributed by atoms with van der Waals surface area (Å²) in [5.41, 5.74) is 6.20. The first-order valence-electron chi connectivity index (χ1n) is 11.0. The Morgan fingerprint density at radius 1 is 1.16 bits per heavy atom. The van der Waals surface area contributed by atoms with Crippen LogP contribution in [0.5, 0.6) is 5.75 Å². The summed E-state index contributed by atoms with van der Waals surface area (Å²) in [4.78, 5) is 14.7. The van der Waals surface area contributed by atoms with Crippen LogP contribution in [0.2, 0.25) is 0 Å². The fourth-order valence-electron chi connectivity index (χ4n) is 5.35. The van der Waals surface area contributed by atoms with Gasteiger partial charge >= 0.3 is 0 Å². The summed E-state index contributed by atoms with van der Waals surface area (Å²) in [5.74, 6) is 0.569. The number of carbonyl (C=O) groups excluding carboxylic acids is 1. The van der Waals surface area contributed by atoms with Crippen LogP contribution in [-0.2, 0) is 27.9 Å². The van der Waals surface area contributed by atoms with E-state index >= 15 is 0 Å². The van der Waals surface area contributed by atoms with E-state index in [1.807, 2.05) is 19.1 Å². The zero-order valence-electron chi connectivity index (χ0n) is 18.1. The molecule has 2 saturated heterocycles. The summed E-state index contributed by atoms with van der Waals surface area (Å²) >= 11 is 0. The van der Waals surface area contributed by atoms with Gasteiger partial charge in [0, 0.05) is 32.1 Å². The Morgan fingerprint density at radius 3 is 2.65 bits per heavy atom. The Hall–Kier alpha value is -2.86. The third kappa shape index (κ3) is 3.30. The van der Waals surface area contributed by atoms with Crippen LogP contribution in [0.25, 0.3) is 0 Å². The third-order valence-electron chi connectivity index (χ3n) is 7.22. The second-order valence-electron chi connectivity index (χ2n) is 9.20. The minimum atomic E-state index is -0.480. The first kappa shape index (κ1) is 20.1. The Morgan fingerprint density at radius 2 is 1.90 bits per heavy atom. The first-order valence-corrected chi connectivity index (χ1v) is 11.0. The van der Waals surface area contributed by atoms with Crippen LogP contribution in [0, 0.1) is 19.3 Å². The number of amides is 1. The van der Waals surface area contributed by atoms with E-state index < -0.39 is 5.54 Å².